The Labute approximate surface area is 109 Å². The predicted molar refractivity (Wildman–Crippen MR) is 75.2 cm³/mol. The molecule has 1 rings (SSSR count). The molecule has 0 aliphatic heterocycles. The van der Waals surface area contributed by atoms with E-state index in [2.05, 4.69) is 12.2 Å². The van der Waals surface area contributed by atoms with E-state index in [4.69, 9.17) is 5.73 Å². The van der Waals surface area contributed by atoms with Gasteiger partial charge in [0.2, 0.25) is 5.91 Å². The van der Waals surface area contributed by atoms with Crippen molar-refractivity contribution in [1.82, 2.24) is 5.32 Å². The van der Waals surface area contributed by atoms with Gasteiger partial charge in [-0.1, -0.05) is 26.2 Å². The van der Waals surface area contributed by atoms with Gasteiger partial charge in [0.25, 0.3) is 0 Å². The van der Waals surface area contributed by atoms with Crippen LogP contribution in [0.15, 0.2) is 0 Å². The molecule has 0 bridgehead atoms. The number of nitrogens with one attached hydrogen (secondary N) is 1. The van der Waals surface area contributed by atoms with E-state index >= 15 is 0 Å². The van der Waals surface area contributed by atoms with E-state index in [1.807, 2.05) is 11.8 Å². The van der Waals surface area contributed by atoms with Crippen LogP contribution in [0.3, 0.4) is 0 Å². The Balaban J connectivity index is 2.04. The maximum Gasteiger partial charge on any atom is 0.221 e. The summed E-state index contributed by atoms with van der Waals surface area (Å²) >= 11 is 1.85. The van der Waals surface area contributed by atoms with Crippen LogP contribution in [0.25, 0.3) is 0 Å². The van der Waals surface area contributed by atoms with Crippen LogP contribution < -0.4 is 11.1 Å². The molecule has 3 N–H and O–H groups in total. The Morgan fingerprint density at radius 3 is 2.76 bits per heavy atom. The van der Waals surface area contributed by atoms with Gasteiger partial charge in [0, 0.05) is 23.5 Å². The number of carbonyl (C=O) groups is 1. The summed E-state index contributed by atoms with van der Waals surface area (Å²) in [5.41, 5.74) is 5.49. The number of thioether (sulfide) groups is 1. The zero-order valence-electron chi connectivity index (χ0n) is 10.9. The number of hydrogen-bond acceptors (Lipinski definition) is 3. The van der Waals surface area contributed by atoms with Crippen molar-refractivity contribution in [3.8, 4) is 0 Å². The van der Waals surface area contributed by atoms with Crippen molar-refractivity contribution < 1.29 is 4.79 Å². The van der Waals surface area contributed by atoms with Crippen LogP contribution in [-0.2, 0) is 4.79 Å². The van der Waals surface area contributed by atoms with Gasteiger partial charge in [-0.15, -0.1) is 0 Å². The van der Waals surface area contributed by atoms with Crippen LogP contribution >= 0.6 is 11.8 Å². The monoisotopic (exact) mass is 258 g/mol. The molecule has 17 heavy (non-hydrogen) atoms. The van der Waals surface area contributed by atoms with Gasteiger partial charge in [-0.3, -0.25) is 4.79 Å². The molecule has 3 nitrogen and oxygen atoms in total. The van der Waals surface area contributed by atoms with Crippen molar-refractivity contribution in [2.24, 2.45) is 5.73 Å². The lowest BCUT2D eigenvalue weighted by atomic mass is 9.95. The third-order valence-electron chi connectivity index (χ3n) is 3.27. The molecule has 1 unspecified atom stereocenters. The van der Waals surface area contributed by atoms with Crippen LogP contribution in [0, 0.1) is 0 Å². The summed E-state index contributed by atoms with van der Waals surface area (Å²) in [7, 11) is 0. The average Bonchev–Trinajstić information content (AvgIpc) is 2.30. The van der Waals surface area contributed by atoms with Crippen molar-refractivity contribution in [1.29, 1.82) is 0 Å². The molecule has 1 saturated carbocycles. The molecular weight excluding hydrogens is 232 g/mol. The molecule has 100 valence electrons. The van der Waals surface area contributed by atoms with Gasteiger partial charge >= 0.3 is 0 Å². The Kier molecular flexibility index (Phi) is 7.69. The fraction of sp³-hybridized carbons (Fsp3) is 0.923. The quantitative estimate of drug-likeness (QED) is 0.736. The van der Waals surface area contributed by atoms with Gasteiger partial charge < -0.3 is 11.1 Å². The highest BCUT2D eigenvalue weighted by Gasteiger charge is 2.15. The maximum atomic E-state index is 11.7. The molecule has 0 aromatic carbocycles. The number of nitrogens with two attached hydrogens (primary N) is 1. The summed E-state index contributed by atoms with van der Waals surface area (Å²) in [4.78, 5) is 11.7. The second kappa shape index (κ2) is 8.81. The van der Waals surface area contributed by atoms with Crippen molar-refractivity contribution in [3.05, 3.63) is 0 Å². The molecule has 0 heterocycles. The molecule has 0 saturated heterocycles. The first-order valence-corrected chi connectivity index (χ1v) is 7.88. The number of carbonyl (C=O) groups excluding carboxylic acids is 1. The van der Waals surface area contributed by atoms with Crippen molar-refractivity contribution >= 4 is 17.7 Å². The van der Waals surface area contributed by atoms with Crippen LogP contribution in [-0.4, -0.2) is 29.5 Å². The van der Waals surface area contributed by atoms with E-state index in [1.54, 1.807) is 0 Å². The number of rotatable bonds is 7. The summed E-state index contributed by atoms with van der Waals surface area (Å²) in [6.07, 6.45) is 7.90. The minimum Gasteiger partial charge on any atom is -0.353 e. The summed E-state index contributed by atoms with van der Waals surface area (Å²) in [5.74, 6) is 1.14. The lowest BCUT2D eigenvalue weighted by Gasteiger charge is -2.22. The first-order valence-electron chi connectivity index (χ1n) is 6.83. The minimum absolute atomic E-state index is 0.226. The zero-order valence-corrected chi connectivity index (χ0v) is 11.7. The normalized spacial score (nSPS) is 18.9. The molecule has 1 atom stereocenters. The summed E-state index contributed by atoms with van der Waals surface area (Å²) in [6.45, 7) is 2.92. The Bertz CT molecular complexity index is 217. The molecule has 0 spiro atoms. The van der Waals surface area contributed by atoms with Crippen LogP contribution in [0.2, 0.25) is 0 Å². The van der Waals surface area contributed by atoms with Crippen molar-refractivity contribution in [2.75, 3.05) is 12.3 Å². The molecule has 4 heteroatoms. The second-order valence-electron chi connectivity index (χ2n) is 4.91. The van der Waals surface area contributed by atoms with E-state index < -0.39 is 0 Å². The van der Waals surface area contributed by atoms with E-state index in [-0.39, 0.29) is 5.91 Å². The minimum atomic E-state index is 0.226. The molecule has 0 radical (unpaired) electrons. The van der Waals surface area contributed by atoms with E-state index in [9.17, 15) is 4.79 Å². The Morgan fingerprint density at radius 2 is 2.12 bits per heavy atom. The largest absolute Gasteiger partial charge is 0.353 e. The van der Waals surface area contributed by atoms with Gasteiger partial charge in [-0.05, 0) is 25.8 Å². The van der Waals surface area contributed by atoms with Crippen LogP contribution in [0.5, 0.6) is 0 Å². The Morgan fingerprint density at radius 1 is 1.41 bits per heavy atom. The van der Waals surface area contributed by atoms with Gasteiger partial charge in [-0.2, -0.15) is 11.8 Å². The molecule has 1 fully saturated rings. The topological polar surface area (TPSA) is 55.1 Å². The molecule has 1 aliphatic rings. The third-order valence-corrected chi connectivity index (χ3v) is 4.52. The van der Waals surface area contributed by atoms with E-state index in [0.717, 1.165) is 18.7 Å². The number of amides is 1. The average molecular weight is 258 g/mol. The van der Waals surface area contributed by atoms with Gasteiger partial charge in [-0.25, -0.2) is 0 Å². The lowest BCUT2D eigenvalue weighted by Crippen LogP contribution is -2.36. The fourth-order valence-corrected chi connectivity index (χ4v) is 3.23. The zero-order chi connectivity index (χ0) is 12.5. The fourth-order valence-electron chi connectivity index (χ4n) is 2.22. The maximum absolute atomic E-state index is 11.7. The smallest absolute Gasteiger partial charge is 0.221 e. The Hall–Kier alpha value is -0.220. The summed E-state index contributed by atoms with van der Waals surface area (Å²) in [6, 6.07) is 0.447. The van der Waals surface area contributed by atoms with Gasteiger partial charge in [0.05, 0.1) is 0 Å². The second-order valence-corrected chi connectivity index (χ2v) is 6.46. The van der Waals surface area contributed by atoms with Crippen LogP contribution in [0.1, 0.15) is 51.9 Å². The summed E-state index contributed by atoms with van der Waals surface area (Å²) < 4.78 is 0. The molecule has 1 aliphatic carbocycles. The van der Waals surface area contributed by atoms with Gasteiger partial charge in [0.15, 0.2) is 0 Å². The van der Waals surface area contributed by atoms with E-state index in [0.29, 0.717) is 17.7 Å². The standard InChI is InChI=1S/C13H26N2OS/c1-11(7-9-14)17-10-8-13(16)15-12-5-3-2-4-6-12/h11-12H,2-10,14H2,1H3,(H,15,16). The highest BCUT2D eigenvalue weighted by Crippen LogP contribution is 2.18. The lowest BCUT2D eigenvalue weighted by molar-refractivity contribution is -0.121. The predicted octanol–water partition coefficient (Wildman–Crippen LogP) is 2.30. The molecule has 0 aromatic heterocycles. The van der Waals surface area contributed by atoms with E-state index in [1.165, 1.54) is 32.1 Å². The summed E-state index contributed by atoms with van der Waals surface area (Å²) in [5, 5.41) is 3.72. The van der Waals surface area contributed by atoms with Crippen molar-refractivity contribution in [2.45, 2.75) is 63.2 Å². The first kappa shape index (κ1) is 14.8. The molecule has 0 aromatic rings. The SMILES string of the molecule is CC(CCN)SCCC(=O)NC1CCCCC1. The molecule has 1 amide bonds. The molecular formula is C13H26N2OS. The highest BCUT2D eigenvalue weighted by molar-refractivity contribution is 7.99. The van der Waals surface area contributed by atoms with Crippen LogP contribution in [0.4, 0.5) is 0 Å². The van der Waals surface area contributed by atoms with Crippen molar-refractivity contribution in [3.63, 3.8) is 0 Å². The number of hydrogen-bond donors (Lipinski definition) is 2. The van der Waals surface area contributed by atoms with Gasteiger partial charge in [0.1, 0.15) is 0 Å². The third kappa shape index (κ3) is 6.94. The highest BCUT2D eigenvalue weighted by atomic mass is 32.2. The first-order chi connectivity index (χ1) is 8.22.